The lowest BCUT2D eigenvalue weighted by Gasteiger charge is -2.26. The van der Waals surface area contributed by atoms with Gasteiger partial charge < -0.3 is 10.2 Å². The highest BCUT2D eigenvalue weighted by Gasteiger charge is 2.14. The van der Waals surface area contributed by atoms with Crippen molar-refractivity contribution in [1.29, 1.82) is 0 Å². The van der Waals surface area contributed by atoms with Gasteiger partial charge in [-0.3, -0.25) is 4.98 Å². The van der Waals surface area contributed by atoms with Gasteiger partial charge in [-0.1, -0.05) is 23.7 Å². The van der Waals surface area contributed by atoms with Crippen molar-refractivity contribution in [2.75, 3.05) is 19.0 Å². The van der Waals surface area contributed by atoms with E-state index in [-0.39, 0.29) is 6.04 Å². The normalized spacial score (nSPS) is 12.2. The quantitative estimate of drug-likeness (QED) is 0.919. The van der Waals surface area contributed by atoms with Crippen LogP contribution in [0.3, 0.4) is 0 Å². The van der Waals surface area contributed by atoms with Crippen LogP contribution in [-0.2, 0) is 6.54 Å². The van der Waals surface area contributed by atoms with Gasteiger partial charge in [-0.2, -0.15) is 0 Å². The molecule has 5 heteroatoms. The third kappa shape index (κ3) is 3.46. The Morgan fingerprint density at radius 1 is 1.30 bits per heavy atom. The largest absolute Gasteiger partial charge is 0.352 e. The Bertz CT molecular complexity index is 556. The average Bonchev–Trinajstić information content (AvgIpc) is 2.47. The maximum Gasteiger partial charge on any atom is 0.147 e. The molecule has 0 radical (unpaired) electrons. The first-order chi connectivity index (χ1) is 9.61. The smallest absolute Gasteiger partial charge is 0.147 e. The van der Waals surface area contributed by atoms with Gasteiger partial charge in [0.15, 0.2) is 0 Å². The second-order valence-electron chi connectivity index (χ2n) is 4.74. The highest BCUT2D eigenvalue weighted by molar-refractivity contribution is 6.30. The maximum atomic E-state index is 6.04. The molecule has 1 heterocycles. The first-order valence-electron chi connectivity index (χ1n) is 6.55. The van der Waals surface area contributed by atoms with Crippen LogP contribution in [0.15, 0.2) is 36.7 Å². The SMILES string of the molecule is CNCc1cnc(N(C)C(C)c2cccc(Cl)c2)cn1. The van der Waals surface area contributed by atoms with Gasteiger partial charge in [0.1, 0.15) is 5.82 Å². The Labute approximate surface area is 124 Å². The summed E-state index contributed by atoms with van der Waals surface area (Å²) in [4.78, 5) is 10.9. The third-order valence-corrected chi connectivity index (χ3v) is 3.56. The molecule has 1 unspecified atom stereocenters. The van der Waals surface area contributed by atoms with Crippen LogP contribution in [0.1, 0.15) is 24.2 Å². The number of hydrogen-bond acceptors (Lipinski definition) is 4. The minimum absolute atomic E-state index is 0.179. The average molecular weight is 291 g/mol. The summed E-state index contributed by atoms with van der Waals surface area (Å²) >= 11 is 6.04. The van der Waals surface area contributed by atoms with Crippen LogP contribution >= 0.6 is 11.6 Å². The van der Waals surface area contributed by atoms with Crippen molar-refractivity contribution >= 4 is 17.4 Å². The number of aromatic nitrogens is 2. The molecule has 2 rings (SSSR count). The Morgan fingerprint density at radius 2 is 2.10 bits per heavy atom. The predicted octanol–water partition coefficient (Wildman–Crippen LogP) is 3.05. The minimum atomic E-state index is 0.179. The van der Waals surface area contributed by atoms with Crippen LogP contribution in [0.25, 0.3) is 0 Å². The third-order valence-electron chi connectivity index (χ3n) is 3.32. The van der Waals surface area contributed by atoms with E-state index in [2.05, 4.69) is 33.2 Å². The van der Waals surface area contributed by atoms with Crippen molar-refractivity contribution in [2.24, 2.45) is 0 Å². The van der Waals surface area contributed by atoms with Crippen LogP contribution in [0.2, 0.25) is 5.02 Å². The van der Waals surface area contributed by atoms with Gasteiger partial charge in [-0.25, -0.2) is 4.98 Å². The first-order valence-corrected chi connectivity index (χ1v) is 6.93. The number of halogens is 1. The second-order valence-corrected chi connectivity index (χ2v) is 5.17. The maximum absolute atomic E-state index is 6.04. The lowest BCUT2D eigenvalue weighted by Crippen LogP contribution is -2.23. The molecule has 1 atom stereocenters. The van der Waals surface area contributed by atoms with Crippen LogP contribution in [-0.4, -0.2) is 24.1 Å². The molecular weight excluding hydrogens is 272 g/mol. The molecule has 1 aromatic heterocycles. The van der Waals surface area contributed by atoms with E-state index in [9.17, 15) is 0 Å². The molecular formula is C15H19ClN4. The molecule has 20 heavy (non-hydrogen) atoms. The van der Waals surface area contributed by atoms with Crippen molar-refractivity contribution in [3.05, 3.63) is 52.9 Å². The molecule has 0 saturated carbocycles. The van der Waals surface area contributed by atoms with E-state index in [1.807, 2.05) is 32.3 Å². The predicted molar refractivity (Wildman–Crippen MR) is 83.1 cm³/mol. The van der Waals surface area contributed by atoms with Gasteiger partial charge in [-0.15, -0.1) is 0 Å². The fourth-order valence-electron chi connectivity index (χ4n) is 1.99. The summed E-state index contributed by atoms with van der Waals surface area (Å²) in [5.74, 6) is 0.845. The summed E-state index contributed by atoms with van der Waals surface area (Å²) in [5, 5.41) is 3.81. The van der Waals surface area contributed by atoms with E-state index >= 15 is 0 Å². The highest BCUT2D eigenvalue weighted by Crippen LogP contribution is 2.25. The summed E-state index contributed by atoms with van der Waals surface area (Å²) in [6.45, 7) is 2.84. The van der Waals surface area contributed by atoms with Gasteiger partial charge in [0.2, 0.25) is 0 Å². The van der Waals surface area contributed by atoms with E-state index in [4.69, 9.17) is 11.6 Å². The van der Waals surface area contributed by atoms with Crippen molar-refractivity contribution in [3.63, 3.8) is 0 Å². The van der Waals surface area contributed by atoms with Crippen LogP contribution in [0, 0.1) is 0 Å². The van der Waals surface area contributed by atoms with Crippen LogP contribution < -0.4 is 10.2 Å². The standard InChI is InChI=1S/C15H19ClN4/c1-11(12-5-4-6-13(16)7-12)20(3)15-10-18-14(8-17-2)9-19-15/h4-7,9-11,17H,8H2,1-3H3. The van der Waals surface area contributed by atoms with Gasteiger partial charge in [0.05, 0.1) is 24.1 Å². The monoisotopic (exact) mass is 290 g/mol. The fourth-order valence-corrected chi connectivity index (χ4v) is 2.19. The van der Waals surface area contributed by atoms with E-state index in [1.165, 1.54) is 0 Å². The number of benzene rings is 1. The zero-order chi connectivity index (χ0) is 14.5. The van der Waals surface area contributed by atoms with Crippen LogP contribution in [0.5, 0.6) is 0 Å². The Morgan fingerprint density at radius 3 is 2.70 bits per heavy atom. The molecule has 0 aliphatic carbocycles. The van der Waals surface area contributed by atoms with Gasteiger partial charge >= 0.3 is 0 Å². The number of nitrogens with zero attached hydrogens (tertiary/aromatic N) is 3. The van der Waals surface area contributed by atoms with Crippen molar-refractivity contribution in [3.8, 4) is 0 Å². The molecule has 0 aliphatic heterocycles. The number of hydrogen-bond donors (Lipinski definition) is 1. The van der Waals surface area contributed by atoms with Crippen molar-refractivity contribution in [1.82, 2.24) is 15.3 Å². The zero-order valence-electron chi connectivity index (χ0n) is 12.0. The van der Waals surface area contributed by atoms with Crippen molar-refractivity contribution < 1.29 is 0 Å². The van der Waals surface area contributed by atoms with Crippen molar-refractivity contribution in [2.45, 2.75) is 19.5 Å². The number of rotatable bonds is 5. The molecule has 0 spiro atoms. The minimum Gasteiger partial charge on any atom is -0.352 e. The van der Waals surface area contributed by atoms with E-state index in [0.29, 0.717) is 0 Å². The molecule has 0 aliphatic rings. The molecule has 2 aromatic rings. The molecule has 0 amide bonds. The molecule has 4 nitrogen and oxygen atoms in total. The lowest BCUT2D eigenvalue weighted by molar-refractivity contribution is 0.720. The summed E-state index contributed by atoms with van der Waals surface area (Å²) in [5.41, 5.74) is 2.08. The molecule has 0 saturated heterocycles. The zero-order valence-corrected chi connectivity index (χ0v) is 12.7. The molecule has 1 N–H and O–H groups in total. The number of anilines is 1. The summed E-state index contributed by atoms with van der Waals surface area (Å²) < 4.78 is 0. The van der Waals surface area contributed by atoms with Gasteiger partial charge in [0, 0.05) is 18.6 Å². The summed E-state index contributed by atoms with van der Waals surface area (Å²) in [6, 6.07) is 8.06. The van der Waals surface area contributed by atoms with Crippen LogP contribution in [0.4, 0.5) is 5.82 Å². The second kappa shape index (κ2) is 6.68. The Kier molecular flexibility index (Phi) is 4.93. The first kappa shape index (κ1) is 14.8. The lowest BCUT2D eigenvalue weighted by atomic mass is 10.1. The topological polar surface area (TPSA) is 41.1 Å². The van der Waals surface area contributed by atoms with E-state index in [1.54, 1.807) is 12.4 Å². The number of nitrogens with one attached hydrogen (secondary N) is 1. The summed E-state index contributed by atoms with van der Waals surface area (Å²) in [7, 11) is 3.90. The van der Waals surface area contributed by atoms with Gasteiger partial charge in [0.25, 0.3) is 0 Å². The highest BCUT2D eigenvalue weighted by atomic mass is 35.5. The molecule has 1 aromatic carbocycles. The van der Waals surface area contributed by atoms with E-state index in [0.717, 1.165) is 28.6 Å². The molecule has 106 valence electrons. The summed E-state index contributed by atoms with van der Waals surface area (Å²) in [6.07, 6.45) is 3.60. The Balaban J connectivity index is 2.15. The van der Waals surface area contributed by atoms with Gasteiger partial charge in [-0.05, 0) is 31.7 Å². The van der Waals surface area contributed by atoms with E-state index < -0.39 is 0 Å². The molecule has 0 fully saturated rings. The fraction of sp³-hybridized carbons (Fsp3) is 0.333. The Hall–Kier alpha value is -1.65. The molecule has 0 bridgehead atoms.